The van der Waals surface area contributed by atoms with E-state index < -0.39 is 0 Å². The van der Waals surface area contributed by atoms with Crippen LogP contribution in [0.5, 0.6) is 0 Å². The van der Waals surface area contributed by atoms with Gasteiger partial charge in [-0.2, -0.15) is 11.8 Å². The number of thioether (sulfide) groups is 1. The molecule has 72 valence electrons. The monoisotopic (exact) mass is 198 g/mol. The van der Waals surface area contributed by atoms with E-state index in [0.29, 0.717) is 12.1 Å². The van der Waals surface area contributed by atoms with Crippen LogP contribution in [0.15, 0.2) is 6.33 Å². The number of aromatic nitrogens is 3. The first kappa shape index (κ1) is 9.02. The van der Waals surface area contributed by atoms with Gasteiger partial charge in [0.1, 0.15) is 12.2 Å². The van der Waals surface area contributed by atoms with Gasteiger partial charge < -0.3 is 9.88 Å². The van der Waals surface area contributed by atoms with E-state index in [1.807, 2.05) is 23.4 Å². The van der Waals surface area contributed by atoms with Crippen molar-refractivity contribution in [2.24, 2.45) is 7.05 Å². The van der Waals surface area contributed by atoms with Gasteiger partial charge in [0.25, 0.3) is 0 Å². The van der Waals surface area contributed by atoms with Gasteiger partial charge in [0.05, 0.1) is 6.04 Å². The minimum absolute atomic E-state index is 0.304. The van der Waals surface area contributed by atoms with E-state index in [9.17, 15) is 0 Å². The van der Waals surface area contributed by atoms with Crippen molar-refractivity contribution in [3.05, 3.63) is 12.2 Å². The Bertz CT molecular complexity index is 281. The largest absolute Gasteiger partial charge is 0.319 e. The van der Waals surface area contributed by atoms with Crippen molar-refractivity contribution in [2.75, 3.05) is 11.5 Å². The molecular formula is C8H14N4S. The minimum Gasteiger partial charge on any atom is -0.319 e. The van der Waals surface area contributed by atoms with Gasteiger partial charge in [0.15, 0.2) is 0 Å². The molecule has 1 fully saturated rings. The normalized spacial score (nSPS) is 19.8. The summed E-state index contributed by atoms with van der Waals surface area (Å²) in [4.78, 5) is 0. The van der Waals surface area contributed by atoms with Crippen molar-refractivity contribution in [2.45, 2.75) is 19.0 Å². The summed E-state index contributed by atoms with van der Waals surface area (Å²) in [7, 11) is 1.98. The van der Waals surface area contributed by atoms with Crippen LogP contribution in [0, 0.1) is 0 Å². The molecule has 0 amide bonds. The van der Waals surface area contributed by atoms with Crippen molar-refractivity contribution < 1.29 is 0 Å². The third-order valence-electron chi connectivity index (χ3n) is 2.26. The predicted octanol–water partition coefficient (Wildman–Crippen LogP) is 0.581. The highest BCUT2D eigenvalue weighted by atomic mass is 32.2. The van der Waals surface area contributed by atoms with E-state index >= 15 is 0 Å². The molecule has 5 heteroatoms. The molecule has 13 heavy (non-hydrogen) atoms. The second-order valence-electron chi connectivity index (χ2n) is 3.42. The molecule has 1 unspecified atom stereocenters. The molecule has 0 radical (unpaired) electrons. The Balaban J connectivity index is 1.96. The summed E-state index contributed by atoms with van der Waals surface area (Å²) >= 11 is 1.98. The average Bonchev–Trinajstić information content (AvgIpc) is 2.43. The Kier molecular flexibility index (Phi) is 2.55. The molecule has 4 nitrogen and oxygen atoms in total. The molecule has 0 bridgehead atoms. The number of hydrogen-bond acceptors (Lipinski definition) is 4. The van der Waals surface area contributed by atoms with Gasteiger partial charge in [-0.15, -0.1) is 10.2 Å². The highest BCUT2D eigenvalue weighted by molar-refractivity contribution is 8.00. The molecule has 2 heterocycles. The average molecular weight is 198 g/mol. The second-order valence-corrected chi connectivity index (χ2v) is 4.50. The molecular weight excluding hydrogens is 184 g/mol. The number of hydrogen-bond donors (Lipinski definition) is 1. The van der Waals surface area contributed by atoms with E-state index in [0.717, 1.165) is 5.82 Å². The lowest BCUT2D eigenvalue weighted by molar-refractivity contribution is 0.473. The van der Waals surface area contributed by atoms with Crippen molar-refractivity contribution in [3.8, 4) is 0 Å². The Morgan fingerprint density at radius 1 is 1.69 bits per heavy atom. The van der Waals surface area contributed by atoms with Crippen LogP contribution >= 0.6 is 11.8 Å². The predicted molar refractivity (Wildman–Crippen MR) is 53.7 cm³/mol. The summed E-state index contributed by atoms with van der Waals surface area (Å²) in [5, 5.41) is 11.4. The van der Waals surface area contributed by atoms with Crippen LogP contribution in [0.2, 0.25) is 0 Å². The zero-order chi connectivity index (χ0) is 9.26. The molecule has 1 aromatic heterocycles. The van der Waals surface area contributed by atoms with Crippen molar-refractivity contribution in [1.82, 2.24) is 20.1 Å². The number of nitrogens with zero attached hydrogens (tertiary/aromatic N) is 3. The standard InChI is InChI=1S/C8H14N4S/c1-6(10-7-3-13-4-7)8-11-9-5-12(8)2/h5-7,10H,3-4H2,1-2H3. The first-order valence-corrected chi connectivity index (χ1v) is 5.60. The van der Waals surface area contributed by atoms with Crippen LogP contribution in [-0.4, -0.2) is 32.3 Å². The molecule has 1 N–H and O–H groups in total. The number of aryl methyl sites for hydroxylation is 1. The molecule has 1 aliphatic heterocycles. The summed E-state index contributed by atoms with van der Waals surface area (Å²) in [6, 6.07) is 0.968. The van der Waals surface area contributed by atoms with Gasteiger partial charge in [-0.3, -0.25) is 0 Å². The number of nitrogens with one attached hydrogen (secondary N) is 1. The van der Waals surface area contributed by atoms with Crippen molar-refractivity contribution in [1.29, 1.82) is 0 Å². The third-order valence-corrected chi connectivity index (χ3v) is 3.53. The Labute approximate surface area is 82.1 Å². The summed E-state index contributed by atoms with van der Waals surface area (Å²) in [5.74, 6) is 3.46. The molecule has 1 saturated heterocycles. The van der Waals surface area contributed by atoms with Crippen LogP contribution in [0.1, 0.15) is 18.8 Å². The first-order valence-electron chi connectivity index (χ1n) is 4.45. The van der Waals surface area contributed by atoms with Crippen molar-refractivity contribution >= 4 is 11.8 Å². The Morgan fingerprint density at radius 3 is 2.92 bits per heavy atom. The van der Waals surface area contributed by atoms with Gasteiger partial charge in [-0.05, 0) is 6.92 Å². The summed E-state index contributed by atoms with van der Waals surface area (Å²) < 4.78 is 1.96. The maximum absolute atomic E-state index is 4.07. The summed E-state index contributed by atoms with van der Waals surface area (Å²) in [6.45, 7) is 2.13. The molecule has 0 saturated carbocycles. The Hall–Kier alpha value is -0.550. The zero-order valence-electron chi connectivity index (χ0n) is 7.90. The first-order chi connectivity index (χ1) is 6.27. The minimum atomic E-state index is 0.304. The fraction of sp³-hybridized carbons (Fsp3) is 0.750. The van der Waals surface area contributed by atoms with Gasteiger partial charge in [-0.25, -0.2) is 0 Å². The van der Waals surface area contributed by atoms with Gasteiger partial charge in [0.2, 0.25) is 0 Å². The summed E-state index contributed by atoms with van der Waals surface area (Å²) in [6.07, 6.45) is 1.74. The van der Waals surface area contributed by atoms with Crippen LogP contribution < -0.4 is 5.32 Å². The van der Waals surface area contributed by atoms with Gasteiger partial charge in [-0.1, -0.05) is 0 Å². The fourth-order valence-corrected chi connectivity index (χ4v) is 2.11. The van der Waals surface area contributed by atoms with Crippen molar-refractivity contribution in [3.63, 3.8) is 0 Å². The van der Waals surface area contributed by atoms with E-state index in [1.165, 1.54) is 11.5 Å². The lowest BCUT2D eigenvalue weighted by Gasteiger charge is -2.28. The second kappa shape index (κ2) is 3.67. The highest BCUT2D eigenvalue weighted by Gasteiger charge is 2.21. The molecule has 0 aliphatic carbocycles. The molecule has 1 aliphatic rings. The van der Waals surface area contributed by atoms with Crippen LogP contribution in [0.3, 0.4) is 0 Å². The number of rotatable bonds is 3. The molecule has 0 spiro atoms. The molecule has 1 aromatic rings. The SMILES string of the molecule is CC(NC1CSC1)c1nncn1C. The van der Waals surface area contributed by atoms with Crippen LogP contribution in [-0.2, 0) is 7.05 Å². The third kappa shape index (κ3) is 1.86. The van der Waals surface area contributed by atoms with E-state index in [4.69, 9.17) is 0 Å². The molecule has 0 aromatic carbocycles. The maximum atomic E-state index is 4.07. The lowest BCUT2D eigenvalue weighted by atomic mass is 10.2. The quantitative estimate of drug-likeness (QED) is 0.771. The smallest absolute Gasteiger partial charge is 0.149 e. The fourth-order valence-electron chi connectivity index (χ4n) is 1.44. The highest BCUT2D eigenvalue weighted by Crippen LogP contribution is 2.20. The van der Waals surface area contributed by atoms with Gasteiger partial charge in [0, 0.05) is 24.6 Å². The van der Waals surface area contributed by atoms with Crippen LogP contribution in [0.25, 0.3) is 0 Å². The maximum Gasteiger partial charge on any atom is 0.149 e. The molecule has 1 atom stereocenters. The lowest BCUT2D eigenvalue weighted by Crippen LogP contribution is -2.42. The topological polar surface area (TPSA) is 42.7 Å². The van der Waals surface area contributed by atoms with Crippen LogP contribution in [0.4, 0.5) is 0 Å². The summed E-state index contributed by atoms with van der Waals surface area (Å²) in [5.41, 5.74) is 0. The van der Waals surface area contributed by atoms with Gasteiger partial charge >= 0.3 is 0 Å². The van der Waals surface area contributed by atoms with E-state index in [2.05, 4.69) is 22.4 Å². The van der Waals surface area contributed by atoms with E-state index in [-0.39, 0.29) is 0 Å². The van der Waals surface area contributed by atoms with E-state index in [1.54, 1.807) is 6.33 Å². The molecule has 2 rings (SSSR count). The Morgan fingerprint density at radius 2 is 2.46 bits per heavy atom. The zero-order valence-corrected chi connectivity index (χ0v) is 8.71.